The number of nitrogens with zero attached hydrogens (tertiary/aromatic N) is 1. The van der Waals surface area contributed by atoms with Crippen LogP contribution in [0.4, 0.5) is 5.69 Å². The third-order valence-electron chi connectivity index (χ3n) is 2.44. The summed E-state index contributed by atoms with van der Waals surface area (Å²) in [7, 11) is 0. The van der Waals surface area contributed by atoms with Crippen LogP contribution in [0.1, 0.15) is 38.2 Å². The van der Waals surface area contributed by atoms with E-state index >= 15 is 0 Å². The summed E-state index contributed by atoms with van der Waals surface area (Å²) in [6, 6.07) is 7.39. The summed E-state index contributed by atoms with van der Waals surface area (Å²) in [5, 5.41) is 12.7. The number of unbranched alkanes of at least 4 members (excludes halogenated alkanes) is 3. The van der Waals surface area contributed by atoms with Gasteiger partial charge in [-0.3, -0.25) is 0 Å². The van der Waals surface area contributed by atoms with Gasteiger partial charge in [0.1, 0.15) is 0 Å². The average molecular weight is 237 g/mol. The predicted octanol–water partition coefficient (Wildman–Crippen LogP) is 4.20. The van der Waals surface area contributed by atoms with Gasteiger partial charge in [-0.2, -0.15) is 5.26 Å². The Morgan fingerprint density at radius 1 is 1.31 bits per heavy atom. The van der Waals surface area contributed by atoms with Gasteiger partial charge in [0.15, 0.2) is 0 Å². The summed E-state index contributed by atoms with van der Waals surface area (Å²) in [5.41, 5.74) is 1.50. The minimum absolute atomic E-state index is 0.639. The largest absolute Gasteiger partial charge is 0.384 e. The molecule has 2 nitrogen and oxygen atoms in total. The van der Waals surface area contributed by atoms with Gasteiger partial charge in [-0.25, -0.2) is 0 Å². The van der Waals surface area contributed by atoms with Gasteiger partial charge in [-0.1, -0.05) is 37.8 Å². The van der Waals surface area contributed by atoms with Gasteiger partial charge < -0.3 is 5.32 Å². The molecule has 1 rings (SSSR count). The molecule has 1 N–H and O–H groups in total. The SMILES string of the molecule is CCCCCCNc1cc(C#N)ccc1Cl. The fourth-order valence-electron chi connectivity index (χ4n) is 1.51. The molecule has 0 aromatic heterocycles. The van der Waals surface area contributed by atoms with Crippen LogP contribution in [0.2, 0.25) is 5.02 Å². The van der Waals surface area contributed by atoms with E-state index in [0.717, 1.165) is 18.7 Å². The topological polar surface area (TPSA) is 35.8 Å². The predicted molar refractivity (Wildman–Crippen MR) is 68.8 cm³/mol. The van der Waals surface area contributed by atoms with E-state index in [1.165, 1.54) is 19.3 Å². The van der Waals surface area contributed by atoms with Gasteiger partial charge in [0.2, 0.25) is 0 Å². The van der Waals surface area contributed by atoms with Crippen molar-refractivity contribution in [3.05, 3.63) is 28.8 Å². The van der Waals surface area contributed by atoms with Gasteiger partial charge >= 0.3 is 0 Å². The van der Waals surface area contributed by atoms with Crippen molar-refractivity contribution in [2.45, 2.75) is 32.6 Å². The second-order valence-electron chi connectivity index (χ2n) is 3.79. The zero-order valence-electron chi connectivity index (χ0n) is 9.59. The number of rotatable bonds is 6. The van der Waals surface area contributed by atoms with Crippen LogP contribution in [0, 0.1) is 11.3 Å². The highest BCUT2D eigenvalue weighted by atomic mass is 35.5. The molecule has 3 heteroatoms. The van der Waals surface area contributed by atoms with Gasteiger partial charge in [0.05, 0.1) is 22.3 Å². The lowest BCUT2D eigenvalue weighted by Gasteiger charge is -2.08. The quantitative estimate of drug-likeness (QED) is 0.752. The maximum Gasteiger partial charge on any atom is 0.0992 e. The third-order valence-corrected chi connectivity index (χ3v) is 2.77. The van der Waals surface area contributed by atoms with Crippen LogP contribution < -0.4 is 5.32 Å². The van der Waals surface area contributed by atoms with Crippen molar-refractivity contribution < 1.29 is 0 Å². The van der Waals surface area contributed by atoms with E-state index in [2.05, 4.69) is 18.3 Å². The number of nitrogens with one attached hydrogen (secondary N) is 1. The van der Waals surface area contributed by atoms with Crippen molar-refractivity contribution in [2.75, 3.05) is 11.9 Å². The zero-order valence-corrected chi connectivity index (χ0v) is 10.3. The molecule has 86 valence electrons. The number of hydrogen-bond acceptors (Lipinski definition) is 2. The van der Waals surface area contributed by atoms with Crippen LogP contribution in [-0.4, -0.2) is 6.54 Å². The molecule has 0 saturated heterocycles. The Bertz CT molecular complexity index is 369. The van der Waals surface area contributed by atoms with Crippen LogP contribution in [0.15, 0.2) is 18.2 Å². The minimum Gasteiger partial charge on any atom is -0.384 e. The summed E-state index contributed by atoms with van der Waals surface area (Å²) < 4.78 is 0. The van der Waals surface area contributed by atoms with E-state index in [1.807, 2.05) is 0 Å². The summed E-state index contributed by atoms with van der Waals surface area (Å²) in [6.07, 6.45) is 4.89. The van der Waals surface area contributed by atoms with E-state index in [1.54, 1.807) is 18.2 Å². The lowest BCUT2D eigenvalue weighted by Crippen LogP contribution is -2.02. The molecule has 0 unspecified atom stereocenters. The van der Waals surface area contributed by atoms with Crippen LogP contribution >= 0.6 is 11.6 Å². The molecule has 0 spiro atoms. The van der Waals surface area contributed by atoms with Crippen molar-refractivity contribution in [3.8, 4) is 6.07 Å². The van der Waals surface area contributed by atoms with Crippen molar-refractivity contribution >= 4 is 17.3 Å². The zero-order chi connectivity index (χ0) is 11.8. The first-order chi connectivity index (χ1) is 7.77. The molecule has 0 radical (unpaired) electrons. The van der Waals surface area contributed by atoms with E-state index in [9.17, 15) is 0 Å². The molecule has 1 aromatic carbocycles. The molecule has 0 aliphatic carbocycles. The Kier molecular flexibility index (Phi) is 5.74. The summed E-state index contributed by atoms with van der Waals surface area (Å²) in [4.78, 5) is 0. The van der Waals surface area contributed by atoms with Crippen LogP contribution in [0.5, 0.6) is 0 Å². The van der Waals surface area contributed by atoms with Gasteiger partial charge in [0, 0.05) is 6.54 Å². The number of hydrogen-bond donors (Lipinski definition) is 1. The molecule has 0 fully saturated rings. The standard InChI is InChI=1S/C13H17ClN2/c1-2-3-4-5-8-16-13-9-11(10-15)6-7-12(13)14/h6-7,9,16H,2-5,8H2,1H3. The molecule has 0 amide bonds. The van der Waals surface area contributed by atoms with E-state index in [0.29, 0.717) is 10.6 Å². The van der Waals surface area contributed by atoms with Crippen LogP contribution in [-0.2, 0) is 0 Å². The van der Waals surface area contributed by atoms with Crippen molar-refractivity contribution in [1.29, 1.82) is 5.26 Å². The fourth-order valence-corrected chi connectivity index (χ4v) is 1.69. The molecule has 0 saturated carbocycles. The number of anilines is 1. The molecular formula is C13H17ClN2. The first kappa shape index (κ1) is 12.9. The maximum absolute atomic E-state index is 8.77. The highest BCUT2D eigenvalue weighted by Gasteiger charge is 2.00. The molecule has 0 bridgehead atoms. The Morgan fingerprint density at radius 2 is 2.12 bits per heavy atom. The second kappa shape index (κ2) is 7.14. The summed E-state index contributed by atoms with van der Waals surface area (Å²) in [5.74, 6) is 0. The number of benzene rings is 1. The van der Waals surface area contributed by atoms with Crippen molar-refractivity contribution in [3.63, 3.8) is 0 Å². The van der Waals surface area contributed by atoms with Crippen LogP contribution in [0.3, 0.4) is 0 Å². The second-order valence-corrected chi connectivity index (χ2v) is 4.20. The smallest absolute Gasteiger partial charge is 0.0992 e. The highest BCUT2D eigenvalue weighted by Crippen LogP contribution is 2.22. The van der Waals surface area contributed by atoms with E-state index in [4.69, 9.17) is 16.9 Å². The van der Waals surface area contributed by atoms with Gasteiger partial charge in [-0.05, 0) is 24.6 Å². The monoisotopic (exact) mass is 236 g/mol. The Labute approximate surface area is 102 Å². The Morgan fingerprint density at radius 3 is 2.81 bits per heavy atom. The first-order valence-corrected chi connectivity index (χ1v) is 6.09. The Hall–Kier alpha value is -1.20. The molecule has 1 aromatic rings. The molecule has 0 atom stereocenters. The van der Waals surface area contributed by atoms with Crippen LogP contribution in [0.25, 0.3) is 0 Å². The lowest BCUT2D eigenvalue weighted by atomic mass is 10.2. The van der Waals surface area contributed by atoms with Gasteiger partial charge in [-0.15, -0.1) is 0 Å². The fraction of sp³-hybridized carbons (Fsp3) is 0.462. The van der Waals surface area contributed by atoms with Gasteiger partial charge in [0.25, 0.3) is 0 Å². The highest BCUT2D eigenvalue weighted by molar-refractivity contribution is 6.33. The molecular weight excluding hydrogens is 220 g/mol. The molecule has 16 heavy (non-hydrogen) atoms. The van der Waals surface area contributed by atoms with Crippen molar-refractivity contribution in [2.24, 2.45) is 0 Å². The molecule has 0 heterocycles. The summed E-state index contributed by atoms with van der Waals surface area (Å²) >= 11 is 6.02. The lowest BCUT2D eigenvalue weighted by molar-refractivity contribution is 0.685. The summed E-state index contributed by atoms with van der Waals surface area (Å²) in [6.45, 7) is 3.11. The van der Waals surface area contributed by atoms with Crippen molar-refractivity contribution in [1.82, 2.24) is 0 Å². The normalized spacial score (nSPS) is 9.81. The number of halogens is 1. The third kappa shape index (κ3) is 4.12. The van der Waals surface area contributed by atoms with E-state index < -0.39 is 0 Å². The average Bonchev–Trinajstić information content (AvgIpc) is 2.31. The Balaban J connectivity index is 2.44. The maximum atomic E-state index is 8.77. The minimum atomic E-state index is 0.639. The molecule has 0 aliphatic rings. The molecule has 0 aliphatic heterocycles. The van der Waals surface area contributed by atoms with E-state index in [-0.39, 0.29) is 0 Å². The number of nitriles is 1. The first-order valence-electron chi connectivity index (χ1n) is 5.71.